The Balaban J connectivity index is 1.64. The largest absolute Gasteiger partial charge is 0.497 e. The van der Waals surface area contributed by atoms with Crippen LogP contribution in [0.5, 0.6) is 11.5 Å². The van der Waals surface area contributed by atoms with E-state index in [1.54, 1.807) is 44.6 Å². The summed E-state index contributed by atoms with van der Waals surface area (Å²) in [6.45, 7) is 0. The molecule has 0 saturated carbocycles. The molecule has 0 spiro atoms. The number of carbonyl (C=O) groups excluding carboxylic acids is 1. The van der Waals surface area contributed by atoms with Gasteiger partial charge in [-0.1, -0.05) is 35.5 Å². The first-order valence-electron chi connectivity index (χ1n) is 9.61. The molecule has 31 heavy (non-hydrogen) atoms. The number of ether oxygens (including phenoxy) is 2. The molecule has 4 rings (SSSR count). The van der Waals surface area contributed by atoms with Gasteiger partial charge in [-0.2, -0.15) is 4.98 Å². The number of carbonyl (C=O) groups is 1. The molecule has 0 saturated heterocycles. The minimum absolute atomic E-state index is 0.204. The van der Waals surface area contributed by atoms with Gasteiger partial charge in [-0.05, 0) is 29.8 Å². The number of furan rings is 1. The van der Waals surface area contributed by atoms with Crippen molar-refractivity contribution >= 4 is 5.91 Å². The summed E-state index contributed by atoms with van der Waals surface area (Å²) < 4.78 is 21.4. The Hall–Kier alpha value is -4.07. The van der Waals surface area contributed by atoms with Crippen LogP contribution in [0.15, 0.2) is 75.9 Å². The molecule has 8 heteroatoms. The van der Waals surface area contributed by atoms with E-state index >= 15 is 0 Å². The van der Waals surface area contributed by atoms with Crippen LogP contribution in [0.4, 0.5) is 0 Å². The number of amides is 1. The van der Waals surface area contributed by atoms with E-state index in [0.717, 1.165) is 5.56 Å². The summed E-state index contributed by atoms with van der Waals surface area (Å²) in [6.07, 6.45) is 1.92. The second-order valence-corrected chi connectivity index (χ2v) is 6.75. The number of nitrogens with zero attached hydrogens (tertiary/aromatic N) is 2. The number of benzene rings is 2. The van der Waals surface area contributed by atoms with Crippen molar-refractivity contribution in [2.75, 3.05) is 14.2 Å². The number of hydrogen-bond donors (Lipinski definition) is 1. The average molecular weight is 419 g/mol. The zero-order valence-electron chi connectivity index (χ0n) is 17.1. The fourth-order valence-corrected chi connectivity index (χ4v) is 3.12. The van der Waals surface area contributed by atoms with Gasteiger partial charge in [0.2, 0.25) is 11.7 Å². The van der Waals surface area contributed by atoms with Gasteiger partial charge < -0.3 is 23.7 Å². The number of methoxy groups -OCH3 is 2. The second-order valence-electron chi connectivity index (χ2n) is 6.75. The molecule has 0 bridgehead atoms. The second kappa shape index (κ2) is 9.17. The van der Waals surface area contributed by atoms with Crippen LogP contribution in [0.2, 0.25) is 0 Å². The number of hydrogen-bond acceptors (Lipinski definition) is 7. The fourth-order valence-electron chi connectivity index (χ4n) is 3.12. The van der Waals surface area contributed by atoms with Crippen molar-refractivity contribution in [3.63, 3.8) is 0 Å². The van der Waals surface area contributed by atoms with Crippen molar-refractivity contribution in [2.45, 2.75) is 12.5 Å². The molecule has 1 atom stereocenters. The predicted octanol–water partition coefficient (Wildman–Crippen LogP) is 4.06. The van der Waals surface area contributed by atoms with Crippen molar-refractivity contribution in [3.05, 3.63) is 84.1 Å². The molecule has 2 aromatic carbocycles. The van der Waals surface area contributed by atoms with E-state index in [-0.39, 0.29) is 17.6 Å². The average Bonchev–Trinajstić information content (AvgIpc) is 3.51. The third-order valence-corrected chi connectivity index (χ3v) is 4.68. The lowest BCUT2D eigenvalue weighted by Gasteiger charge is -2.14. The first kappa shape index (κ1) is 20.2. The summed E-state index contributed by atoms with van der Waals surface area (Å²) in [5.74, 6) is 1.68. The summed E-state index contributed by atoms with van der Waals surface area (Å²) in [4.78, 5) is 17.1. The highest BCUT2D eigenvalue weighted by Crippen LogP contribution is 2.29. The molecule has 4 aromatic rings. The van der Waals surface area contributed by atoms with Crippen LogP contribution < -0.4 is 14.8 Å². The van der Waals surface area contributed by atoms with Gasteiger partial charge in [-0.3, -0.25) is 4.79 Å². The Morgan fingerprint density at radius 1 is 1.03 bits per heavy atom. The molecule has 0 radical (unpaired) electrons. The summed E-state index contributed by atoms with van der Waals surface area (Å²) >= 11 is 0. The van der Waals surface area contributed by atoms with Crippen LogP contribution in [0, 0.1) is 0 Å². The fraction of sp³-hybridized carbons (Fsp3) is 0.174. The Bertz CT molecular complexity index is 1120. The van der Waals surface area contributed by atoms with Gasteiger partial charge in [-0.15, -0.1) is 0 Å². The predicted molar refractivity (Wildman–Crippen MR) is 112 cm³/mol. The Morgan fingerprint density at radius 2 is 1.77 bits per heavy atom. The van der Waals surface area contributed by atoms with Gasteiger partial charge in [0.1, 0.15) is 17.5 Å². The van der Waals surface area contributed by atoms with Crippen LogP contribution in [0.3, 0.4) is 0 Å². The molecule has 1 N–H and O–H groups in total. The standard InChI is InChI=1S/C23H21N3O5/c1-28-17-12-16(13-18(14-17)29-2)21-25-23(31-26-21)19(11-15-7-4-3-5-8-15)24-22(27)20-9-6-10-30-20/h3-10,12-14,19H,11H2,1-2H3,(H,24,27)/t19-/m1/s1. The van der Waals surface area contributed by atoms with Gasteiger partial charge >= 0.3 is 0 Å². The molecule has 0 aliphatic heterocycles. The molecular weight excluding hydrogens is 398 g/mol. The third-order valence-electron chi connectivity index (χ3n) is 4.68. The smallest absolute Gasteiger partial charge is 0.287 e. The molecule has 0 aliphatic carbocycles. The van der Waals surface area contributed by atoms with Crippen molar-refractivity contribution in [3.8, 4) is 22.9 Å². The van der Waals surface area contributed by atoms with Crippen molar-refractivity contribution < 1.29 is 23.2 Å². The van der Waals surface area contributed by atoms with Gasteiger partial charge in [0.25, 0.3) is 5.91 Å². The van der Waals surface area contributed by atoms with Gasteiger partial charge in [0.05, 0.1) is 20.5 Å². The zero-order chi connectivity index (χ0) is 21.6. The van der Waals surface area contributed by atoms with E-state index in [2.05, 4.69) is 15.5 Å². The quantitative estimate of drug-likeness (QED) is 0.460. The lowest BCUT2D eigenvalue weighted by atomic mass is 10.1. The van der Waals surface area contributed by atoms with Crippen LogP contribution in [0.1, 0.15) is 28.1 Å². The highest BCUT2D eigenvalue weighted by Gasteiger charge is 2.24. The first-order valence-corrected chi connectivity index (χ1v) is 9.61. The number of aromatic nitrogens is 2. The van der Waals surface area contributed by atoms with Crippen LogP contribution in [0.25, 0.3) is 11.4 Å². The van der Waals surface area contributed by atoms with Crippen molar-refractivity contribution in [2.24, 2.45) is 0 Å². The van der Waals surface area contributed by atoms with Crippen LogP contribution in [-0.2, 0) is 6.42 Å². The maximum absolute atomic E-state index is 12.6. The SMILES string of the molecule is COc1cc(OC)cc(-c2noc([C@@H](Cc3ccccc3)NC(=O)c3ccco3)n2)c1. The van der Waals surface area contributed by atoms with E-state index in [1.807, 2.05) is 30.3 Å². The lowest BCUT2D eigenvalue weighted by molar-refractivity contribution is 0.0900. The summed E-state index contributed by atoms with van der Waals surface area (Å²) in [6, 6.07) is 17.8. The minimum Gasteiger partial charge on any atom is -0.497 e. The Morgan fingerprint density at radius 3 is 2.42 bits per heavy atom. The minimum atomic E-state index is -0.547. The molecule has 1 amide bonds. The number of rotatable bonds is 8. The zero-order valence-corrected chi connectivity index (χ0v) is 17.1. The Labute approximate surface area is 178 Å². The maximum atomic E-state index is 12.6. The number of nitrogens with one attached hydrogen (secondary N) is 1. The molecule has 0 fully saturated rings. The molecular formula is C23H21N3O5. The van der Waals surface area contributed by atoms with Gasteiger partial charge in [0, 0.05) is 18.1 Å². The van der Waals surface area contributed by atoms with Gasteiger partial charge in [-0.25, -0.2) is 0 Å². The Kier molecular flexibility index (Phi) is 5.98. The third kappa shape index (κ3) is 4.75. The van der Waals surface area contributed by atoms with Crippen molar-refractivity contribution in [1.29, 1.82) is 0 Å². The van der Waals surface area contributed by atoms with E-state index in [4.69, 9.17) is 18.4 Å². The lowest BCUT2D eigenvalue weighted by Crippen LogP contribution is -2.30. The van der Waals surface area contributed by atoms with E-state index in [9.17, 15) is 4.79 Å². The molecule has 0 aliphatic rings. The molecule has 0 unspecified atom stereocenters. The maximum Gasteiger partial charge on any atom is 0.287 e. The topological polar surface area (TPSA) is 99.6 Å². The molecule has 2 aromatic heterocycles. The van der Waals surface area contributed by atoms with Crippen LogP contribution >= 0.6 is 0 Å². The normalized spacial score (nSPS) is 11.7. The van der Waals surface area contributed by atoms with Crippen LogP contribution in [-0.4, -0.2) is 30.3 Å². The first-order chi connectivity index (χ1) is 15.2. The summed E-state index contributed by atoms with van der Waals surface area (Å²) in [7, 11) is 3.14. The highest BCUT2D eigenvalue weighted by molar-refractivity contribution is 5.91. The van der Waals surface area contributed by atoms with E-state index in [0.29, 0.717) is 29.3 Å². The van der Waals surface area contributed by atoms with Crippen molar-refractivity contribution in [1.82, 2.24) is 15.5 Å². The molecule has 8 nitrogen and oxygen atoms in total. The molecule has 2 heterocycles. The van der Waals surface area contributed by atoms with E-state index < -0.39 is 6.04 Å². The summed E-state index contributed by atoms with van der Waals surface area (Å²) in [5, 5.41) is 7.01. The summed E-state index contributed by atoms with van der Waals surface area (Å²) in [5.41, 5.74) is 1.68. The van der Waals surface area contributed by atoms with Gasteiger partial charge in [0.15, 0.2) is 5.76 Å². The monoisotopic (exact) mass is 419 g/mol. The highest BCUT2D eigenvalue weighted by atomic mass is 16.5. The molecule has 158 valence electrons. The van der Waals surface area contributed by atoms with E-state index in [1.165, 1.54) is 6.26 Å².